The lowest BCUT2D eigenvalue weighted by molar-refractivity contribution is 0.432. The van der Waals surface area contributed by atoms with Gasteiger partial charge in [-0.1, -0.05) is 5.92 Å². The zero-order valence-corrected chi connectivity index (χ0v) is 8.69. The lowest BCUT2D eigenvalue weighted by atomic mass is 10.2. The Labute approximate surface area is 77.4 Å². The van der Waals surface area contributed by atoms with E-state index in [1.54, 1.807) is 0 Å². The molecule has 1 saturated heterocycles. The number of hydrogen-bond acceptors (Lipinski definition) is 2. The highest BCUT2D eigenvalue weighted by molar-refractivity contribution is 8.54. The molecule has 0 bridgehead atoms. The number of nitrogens with one attached hydrogen (secondary N) is 1. The molecule has 1 rings (SSSR count). The van der Waals surface area contributed by atoms with Gasteiger partial charge in [0.05, 0.1) is 6.04 Å². The van der Waals surface area contributed by atoms with Gasteiger partial charge in [-0.05, 0) is 28.8 Å². The lowest BCUT2D eigenvalue weighted by Gasteiger charge is -2.33. The topological polar surface area (TPSA) is 15.3 Å². The zero-order valence-electron chi connectivity index (χ0n) is 6.24. The minimum absolute atomic E-state index is 0.126. The average molecular weight is 206 g/mol. The highest BCUT2D eigenvalue weighted by atomic mass is 33.1. The molecule has 0 aromatic heterocycles. The quantitative estimate of drug-likeness (QED) is 0.553. The molecule has 62 valence electrons. The van der Waals surface area contributed by atoms with Gasteiger partial charge in [-0.2, -0.15) is 0 Å². The van der Waals surface area contributed by atoms with Gasteiger partial charge in [-0.15, -0.1) is 6.42 Å². The number of rotatable bonds is 0. The molecular weight excluding hydrogens is 196 g/mol. The first-order chi connectivity index (χ1) is 5.08. The highest BCUT2D eigenvalue weighted by Gasteiger charge is 2.22. The molecule has 0 aromatic rings. The summed E-state index contributed by atoms with van der Waals surface area (Å²) in [5, 5.41) is 0. The second kappa shape index (κ2) is 3.33. The molecular formula is C6H10N2S3. The Bertz CT molecular complexity index is 275. The fraction of sp³-hybridized carbons (Fsp3) is 0.667. The van der Waals surface area contributed by atoms with Crippen LogP contribution in [0.25, 0.3) is 0 Å². The van der Waals surface area contributed by atoms with Crippen molar-refractivity contribution in [3.05, 3.63) is 0 Å². The van der Waals surface area contributed by atoms with Crippen LogP contribution in [0.3, 0.4) is 0 Å². The van der Waals surface area contributed by atoms with E-state index in [-0.39, 0.29) is 6.04 Å². The molecule has 2 nitrogen and oxygen atoms in total. The van der Waals surface area contributed by atoms with Crippen LogP contribution in [0.1, 0.15) is 6.42 Å². The normalized spacial score (nSPS) is 31.1. The van der Waals surface area contributed by atoms with Crippen molar-refractivity contribution in [2.24, 2.45) is 0 Å². The Kier molecular flexibility index (Phi) is 2.84. The van der Waals surface area contributed by atoms with E-state index in [1.165, 1.54) is 0 Å². The van der Waals surface area contributed by atoms with Gasteiger partial charge in [-0.3, -0.25) is 0 Å². The van der Waals surface area contributed by atoms with Gasteiger partial charge in [0.2, 0.25) is 0 Å². The molecule has 1 heterocycles. The molecule has 0 radical (unpaired) electrons. The van der Waals surface area contributed by atoms with E-state index in [2.05, 4.69) is 10.6 Å². The molecule has 11 heavy (non-hydrogen) atoms. The van der Waals surface area contributed by atoms with Crippen molar-refractivity contribution >= 4 is 29.9 Å². The van der Waals surface area contributed by atoms with E-state index in [1.807, 2.05) is 11.4 Å². The van der Waals surface area contributed by atoms with E-state index in [0.717, 1.165) is 13.0 Å². The molecule has 5 heteroatoms. The average Bonchev–Trinajstić information content (AvgIpc) is 1.95. The van der Waals surface area contributed by atoms with Gasteiger partial charge in [0.25, 0.3) is 0 Å². The number of terminal acetylenes is 1. The van der Waals surface area contributed by atoms with Gasteiger partial charge in [-0.25, -0.2) is 9.03 Å². The highest BCUT2D eigenvalue weighted by Crippen LogP contribution is 2.10. The SMILES string of the molecule is C#CC1CCNS(=S)(=S)N1C. The Balaban J connectivity index is 2.87. The molecule has 1 atom stereocenters. The molecule has 1 aliphatic rings. The Morgan fingerprint density at radius 2 is 2.36 bits per heavy atom. The van der Waals surface area contributed by atoms with Crippen LogP contribution in [0, 0.1) is 12.3 Å². The third-order valence-corrected chi connectivity index (χ3v) is 5.41. The Morgan fingerprint density at radius 3 is 2.82 bits per heavy atom. The van der Waals surface area contributed by atoms with Gasteiger partial charge >= 0.3 is 0 Å². The summed E-state index contributed by atoms with van der Waals surface area (Å²) < 4.78 is 5.03. The Hall–Kier alpha value is 0.270. The van der Waals surface area contributed by atoms with Crippen molar-refractivity contribution in [2.45, 2.75) is 12.5 Å². The van der Waals surface area contributed by atoms with Crippen LogP contribution in [-0.2, 0) is 29.9 Å². The maximum atomic E-state index is 5.32. The van der Waals surface area contributed by atoms with Crippen LogP contribution >= 0.6 is 0 Å². The van der Waals surface area contributed by atoms with Crippen LogP contribution in [-0.4, -0.2) is 23.9 Å². The summed E-state index contributed by atoms with van der Waals surface area (Å²) in [5.74, 6) is 2.68. The smallest absolute Gasteiger partial charge is 0.0833 e. The van der Waals surface area contributed by atoms with Crippen LogP contribution in [0.4, 0.5) is 0 Å². The van der Waals surface area contributed by atoms with Crippen molar-refractivity contribution in [3.63, 3.8) is 0 Å². The van der Waals surface area contributed by atoms with Crippen molar-refractivity contribution in [1.29, 1.82) is 0 Å². The summed E-state index contributed by atoms with van der Waals surface area (Å²) in [6, 6.07) is 0.126. The maximum absolute atomic E-state index is 5.32. The molecule has 1 aliphatic heterocycles. The molecule has 0 aliphatic carbocycles. The molecule has 0 amide bonds. The molecule has 1 fully saturated rings. The molecule has 1 unspecified atom stereocenters. The molecule has 0 aromatic carbocycles. The molecule has 1 N–H and O–H groups in total. The third kappa shape index (κ3) is 1.89. The largest absolute Gasteiger partial charge is 0.246 e. The standard InChI is InChI=1S/C6H10N2S3/c1-3-6-4-5-7-11(9,10)8(6)2/h1,6-7H,4-5H2,2H3. The molecule has 0 saturated carbocycles. The minimum atomic E-state index is -1.62. The van der Waals surface area contributed by atoms with E-state index in [4.69, 9.17) is 28.8 Å². The molecule has 0 spiro atoms. The summed E-state index contributed by atoms with van der Waals surface area (Å²) in [7, 11) is 0.280. The fourth-order valence-corrected chi connectivity index (χ4v) is 3.17. The Morgan fingerprint density at radius 1 is 1.73 bits per heavy atom. The second-order valence-corrected chi connectivity index (χ2v) is 7.73. The van der Waals surface area contributed by atoms with Gasteiger partial charge in [0, 0.05) is 21.1 Å². The van der Waals surface area contributed by atoms with Crippen molar-refractivity contribution in [3.8, 4) is 12.3 Å². The van der Waals surface area contributed by atoms with Crippen molar-refractivity contribution < 1.29 is 0 Å². The van der Waals surface area contributed by atoms with Gasteiger partial charge < -0.3 is 0 Å². The van der Waals surface area contributed by atoms with Crippen molar-refractivity contribution in [2.75, 3.05) is 13.6 Å². The lowest BCUT2D eigenvalue weighted by Crippen LogP contribution is -2.48. The van der Waals surface area contributed by atoms with Crippen LogP contribution in [0.2, 0.25) is 0 Å². The predicted molar refractivity (Wildman–Crippen MR) is 55.1 cm³/mol. The first-order valence-corrected chi connectivity index (χ1v) is 6.70. The second-order valence-electron chi connectivity index (χ2n) is 2.39. The predicted octanol–water partition coefficient (Wildman–Crippen LogP) is -0.179. The van der Waals surface area contributed by atoms with Gasteiger partial charge in [0.1, 0.15) is 0 Å². The summed E-state index contributed by atoms with van der Waals surface area (Å²) >= 11 is 10.4. The monoisotopic (exact) mass is 206 g/mol. The van der Waals surface area contributed by atoms with E-state index >= 15 is 0 Å². The van der Waals surface area contributed by atoms with E-state index < -0.39 is 7.52 Å². The fourth-order valence-electron chi connectivity index (χ4n) is 0.964. The third-order valence-electron chi connectivity index (χ3n) is 1.71. The first-order valence-electron chi connectivity index (χ1n) is 3.26. The van der Waals surface area contributed by atoms with Crippen molar-refractivity contribution in [1.82, 2.24) is 9.03 Å². The minimum Gasteiger partial charge on any atom is -0.246 e. The summed E-state index contributed by atoms with van der Waals surface area (Å²) in [4.78, 5) is 0. The van der Waals surface area contributed by atoms with Crippen LogP contribution in [0.5, 0.6) is 0 Å². The number of hydrogen-bond donors (Lipinski definition) is 1. The first kappa shape index (κ1) is 9.36. The zero-order chi connectivity index (χ0) is 8.48. The van der Waals surface area contributed by atoms with E-state index in [9.17, 15) is 0 Å². The maximum Gasteiger partial charge on any atom is 0.0833 e. The van der Waals surface area contributed by atoms with E-state index in [0.29, 0.717) is 0 Å². The number of nitrogens with zero attached hydrogens (tertiary/aromatic N) is 1. The van der Waals surface area contributed by atoms with Gasteiger partial charge in [0.15, 0.2) is 0 Å². The summed E-state index contributed by atoms with van der Waals surface area (Å²) in [5.41, 5.74) is 0. The van der Waals surface area contributed by atoms with Crippen LogP contribution < -0.4 is 4.72 Å². The van der Waals surface area contributed by atoms with Crippen LogP contribution in [0.15, 0.2) is 0 Å². The summed E-state index contributed by atoms with van der Waals surface area (Å²) in [6.07, 6.45) is 6.26. The summed E-state index contributed by atoms with van der Waals surface area (Å²) in [6.45, 7) is 0.849.